The van der Waals surface area contributed by atoms with Gasteiger partial charge in [0.05, 0.1) is 18.9 Å². The number of nitrogens with one attached hydrogen (secondary N) is 1. The molecule has 1 aliphatic rings. The molecule has 5 nitrogen and oxygen atoms in total. The molecule has 106 valence electrons. The second kappa shape index (κ2) is 6.10. The number of hydrogen-bond acceptors (Lipinski definition) is 5. The van der Waals surface area contributed by atoms with Gasteiger partial charge in [-0.2, -0.15) is 0 Å². The number of methoxy groups -OCH3 is 1. The molecule has 0 spiro atoms. The number of pyridine rings is 1. The maximum absolute atomic E-state index is 5.58. The highest BCUT2D eigenvalue weighted by Gasteiger charge is 2.30. The lowest BCUT2D eigenvalue weighted by Crippen LogP contribution is -2.41. The van der Waals surface area contributed by atoms with Crippen LogP contribution >= 0.6 is 0 Å². The van der Waals surface area contributed by atoms with Gasteiger partial charge in [0.25, 0.3) is 0 Å². The third-order valence-electron chi connectivity index (χ3n) is 3.42. The molecule has 0 saturated heterocycles. The molecule has 2 rings (SSSR count). The van der Waals surface area contributed by atoms with Crippen molar-refractivity contribution in [2.45, 2.75) is 31.9 Å². The average Bonchev–Trinajstić information content (AvgIpc) is 2.36. The number of aromatic nitrogens is 1. The molecule has 0 radical (unpaired) electrons. The van der Waals surface area contributed by atoms with Crippen LogP contribution in [0.3, 0.4) is 0 Å². The van der Waals surface area contributed by atoms with Crippen molar-refractivity contribution in [3.63, 3.8) is 0 Å². The first-order chi connectivity index (χ1) is 9.15. The average molecular weight is 265 g/mol. The van der Waals surface area contributed by atoms with Crippen molar-refractivity contribution >= 4 is 11.4 Å². The summed E-state index contributed by atoms with van der Waals surface area (Å²) in [5.74, 6) is 0.644. The minimum Gasteiger partial charge on any atom is -0.479 e. The van der Waals surface area contributed by atoms with Crippen molar-refractivity contribution in [2.24, 2.45) is 0 Å². The Bertz CT molecular complexity index is 417. The topological polar surface area (TPSA) is 46.6 Å². The van der Waals surface area contributed by atoms with Crippen molar-refractivity contribution < 1.29 is 9.47 Å². The molecule has 0 atom stereocenters. The lowest BCUT2D eigenvalue weighted by atomic mass is 9.89. The molecule has 0 amide bonds. The van der Waals surface area contributed by atoms with Crippen LogP contribution in [0.4, 0.5) is 11.4 Å². The molecule has 0 unspecified atom stereocenters. The molecule has 1 aromatic heterocycles. The molecule has 0 aromatic carbocycles. The normalized spacial score (nSPS) is 21.7. The first-order valence-electron chi connectivity index (χ1n) is 6.74. The van der Waals surface area contributed by atoms with Crippen LogP contribution in [0.25, 0.3) is 0 Å². The zero-order chi connectivity index (χ0) is 13.8. The summed E-state index contributed by atoms with van der Waals surface area (Å²) in [6.07, 6.45) is 4.24. The molecule has 1 aromatic rings. The van der Waals surface area contributed by atoms with Gasteiger partial charge in [-0.3, -0.25) is 0 Å². The van der Waals surface area contributed by atoms with E-state index in [-0.39, 0.29) is 0 Å². The predicted octanol–water partition coefficient (Wildman–Crippen LogP) is 2.14. The van der Waals surface area contributed by atoms with E-state index in [1.165, 1.54) is 0 Å². The van der Waals surface area contributed by atoms with Gasteiger partial charge in [-0.25, -0.2) is 4.98 Å². The Balaban J connectivity index is 2.07. The smallest absolute Gasteiger partial charge is 0.239 e. The van der Waals surface area contributed by atoms with E-state index in [4.69, 9.17) is 9.47 Å². The van der Waals surface area contributed by atoms with Crippen LogP contribution in [-0.2, 0) is 4.74 Å². The Morgan fingerprint density at radius 1 is 1.42 bits per heavy atom. The van der Waals surface area contributed by atoms with Gasteiger partial charge in [0, 0.05) is 32.9 Å². The lowest BCUT2D eigenvalue weighted by Gasteiger charge is -2.37. The number of ether oxygens (including phenoxy) is 2. The Morgan fingerprint density at radius 3 is 2.74 bits per heavy atom. The Hall–Kier alpha value is -1.49. The molecule has 1 N–H and O–H groups in total. The third kappa shape index (κ3) is 3.10. The minimum atomic E-state index is 0.396. The fraction of sp³-hybridized carbons (Fsp3) is 0.643. The van der Waals surface area contributed by atoms with Crippen molar-refractivity contribution in [1.82, 2.24) is 4.98 Å². The molecule has 0 bridgehead atoms. The van der Waals surface area contributed by atoms with E-state index in [0.29, 0.717) is 18.0 Å². The second-order valence-corrected chi connectivity index (χ2v) is 5.00. The highest BCUT2D eigenvalue weighted by molar-refractivity contribution is 5.74. The number of rotatable bonds is 6. The van der Waals surface area contributed by atoms with Gasteiger partial charge < -0.3 is 19.7 Å². The summed E-state index contributed by atoms with van der Waals surface area (Å²) in [5.41, 5.74) is 2.06. The summed E-state index contributed by atoms with van der Waals surface area (Å²) in [4.78, 5) is 6.33. The second-order valence-electron chi connectivity index (χ2n) is 5.00. The van der Waals surface area contributed by atoms with Crippen LogP contribution in [-0.4, -0.2) is 44.9 Å². The van der Waals surface area contributed by atoms with E-state index >= 15 is 0 Å². The summed E-state index contributed by atoms with van der Waals surface area (Å²) in [5, 5.41) is 3.53. The fourth-order valence-electron chi connectivity index (χ4n) is 2.36. The van der Waals surface area contributed by atoms with Crippen molar-refractivity contribution in [1.29, 1.82) is 0 Å². The van der Waals surface area contributed by atoms with E-state index < -0.39 is 0 Å². The van der Waals surface area contributed by atoms with Crippen molar-refractivity contribution in [2.75, 3.05) is 38.0 Å². The highest BCUT2D eigenvalue weighted by Crippen LogP contribution is 2.36. The highest BCUT2D eigenvalue weighted by atomic mass is 16.5. The Morgan fingerprint density at radius 2 is 2.16 bits per heavy atom. The van der Waals surface area contributed by atoms with Gasteiger partial charge in [-0.15, -0.1) is 0 Å². The molecule has 5 heteroatoms. The molecular formula is C14H23N3O2. The molecule has 1 saturated carbocycles. The first-order valence-corrected chi connectivity index (χ1v) is 6.74. The fourth-order valence-corrected chi connectivity index (χ4v) is 2.36. The minimum absolute atomic E-state index is 0.396. The third-order valence-corrected chi connectivity index (χ3v) is 3.42. The van der Waals surface area contributed by atoms with Crippen LogP contribution in [0.5, 0.6) is 5.88 Å². The van der Waals surface area contributed by atoms with Gasteiger partial charge in [-0.05, 0) is 25.8 Å². The van der Waals surface area contributed by atoms with Crippen molar-refractivity contribution in [3.8, 4) is 5.88 Å². The van der Waals surface area contributed by atoms with Crippen LogP contribution in [0.1, 0.15) is 19.8 Å². The molecule has 1 fully saturated rings. The van der Waals surface area contributed by atoms with Gasteiger partial charge in [0.2, 0.25) is 5.88 Å². The summed E-state index contributed by atoms with van der Waals surface area (Å²) < 4.78 is 10.9. The van der Waals surface area contributed by atoms with Gasteiger partial charge in [0.15, 0.2) is 0 Å². The van der Waals surface area contributed by atoms with E-state index in [0.717, 1.165) is 30.8 Å². The van der Waals surface area contributed by atoms with E-state index in [1.807, 2.05) is 27.1 Å². The summed E-state index contributed by atoms with van der Waals surface area (Å²) in [6, 6.07) is 2.43. The van der Waals surface area contributed by atoms with Crippen molar-refractivity contribution in [3.05, 3.63) is 12.3 Å². The lowest BCUT2D eigenvalue weighted by molar-refractivity contribution is 0.00295. The molecular weight excluding hydrogens is 242 g/mol. The number of anilines is 2. The summed E-state index contributed by atoms with van der Waals surface area (Å²) >= 11 is 0. The Labute approximate surface area is 114 Å². The maximum Gasteiger partial charge on any atom is 0.239 e. The monoisotopic (exact) mass is 265 g/mol. The van der Waals surface area contributed by atoms with E-state index in [1.54, 1.807) is 13.3 Å². The molecule has 19 heavy (non-hydrogen) atoms. The SMILES string of the molecule is CCOC1CC(Nc2c(N(C)C)ccnc2OC)C1. The van der Waals surface area contributed by atoms with E-state index in [9.17, 15) is 0 Å². The van der Waals surface area contributed by atoms with Gasteiger partial charge in [0.1, 0.15) is 5.69 Å². The zero-order valence-corrected chi connectivity index (χ0v) is 12.1. The zero-order valence-electron chi connectivity index (χ0n) is 12.1. The predicted molar refractivity (Wildman–Crippen MR) is 77.2 cm³/mol. The quantitative estimate of drug-likeness (QED) is 0.854. The molecule has 1 aliphatic carbocycles. The molecule has 1 heterocycles. The summed E-state index contributed by atoms with van der Waals surface area (Å²) in [7, 11) is 5.68. The maximum atomic E-state index is 5.58. The number of nitrogens with zero attached hydrogens (tertiary/aromatic N) is 2. The standard InChI is InChI=1S/C14H23N3O2/c1-5-19-11-8-10(9-11)16-13-12(17(2)3)6-7-15-14(13)18-4/h6-7,10-11,16H,5,8-9H2,1-4H3. The largest absolute Gasteiger partial charge is 0.479 e. The van der Waals surface area contributed by atoms with Crippen LogP contribution < -0.4 is 15.0 Å². The van der Waals surface area contributed by atoms with Crippen LogP contribution in [0.15, 0.2) is 12.3 Å². The summed E-state index contributed by atoms with van der Waals surface area (Å²) in [6.45, 7) is 2.82. The Kier molecular flexibility index (Phi) is 4.47. The van der Waals surface area contributed by atoms with Gasteiger partial charge in [-0.1, -0.05) is 0 Å². The van der Waals surface area contributed by atoms with E-state index in [2.05, 4.69) is 15.2 Å². The van der Waals surface area contributed by atoms with Gasteiger partial charge >= 0.3 is 0 Å². The number of hydrogen-bond donors (Lipinski definition) is 1. The first kappa shape index (κ1) is 13.9. The van der Waals surface area contributed by atoms with Crippen LogP contribution in [0.2, 0.25) is 0 Å². The van der Waals surface area contributed by atoms with Crippen LogP contribution in [0, 0.1) is 0 Å². The molecule has 0 aliphatic heterocycles.